The lowest BCUT2D eigenvalue weighted by Gasteiger charge is -2.39. The molecule has 11 nitrogen and oxygen atoms in total. The summed E-state index contributed by atoms with van der Waals surface area (Å²) < 4.78 is 0. The second-order valence-corrected chi connectivity index (χ2v) is 12.0. The van der Waals surface area contributed by atoms with E-state index in [1.54, 1.807) is 29.2 Å². The fourth-order valence-electron chi connectivity index (χ4n) is 6.05. The van der Waals surface area contributed by atoms with Gasteiger partial charge in [-0.2, -0.15) is 0 Å². The van der Waals surface area contributed by atoms with Gasteiger partial charge in [0.15, 0.2) is 5.43 Å². The lowest BCUT2D eigenvalue weighted by molar-refractivity contribution is -0.147. The number of benzene rings is 1. The maximum Gasteiger partial charge on any atom is 0.248 e. The minimum absolute atomic E-state index is 0.0287. The van der Waals surface area contributed by atoms with Crippen LogP contribution >= 0.6 is 0 Å². The molecule has 0 saturated carbocycles. The largest absolute Gasteiger partial charge is 0.361 e. The van der Waals surface area contributed by atoms with Crippen molar-refractivity contribution in [2.24, 2.45) is 5.92 Å². The zero-order chi connectivity index (χ0) is 31.8. The van der Waals surface area contributed by atoms with Crippen molar-refractivity contribution in [1.82, 2.24) is 25.8 Å². The molecule has 5 atom stereocenters. The number of H-pyrrole nitrogens is 1. The average molecular weight is 608 g/mol. The number of nitrogens with one attached hydrogen (secondary N) is 4. The maximum atomic E-state index is 14.0. The number of carbonyl (C=O) groups is 5. The number of aromatic amines is 1. The Balaban J connectivity index is 1.71. The van der Waals surface area contributed by atoms with Gasteiger partial charge < -0.3 is 25.8 Å². The van der Waals surface area contributed by atoms with Gasteiger partial charge in [-0.05, 0) is 50.2 Å². The summed E-state index contributed by atoms with van der Waals surface area (Å²) in [6, 6.07) is 2.78. The number of piperidine rings is 1. The predicted molar refractivity (Wildman–Crippen MR) is 167 cm³/mol. The van der Waals surface area contributed by atoms with Crippen LogP contribution in [0.1, 0.15) is 96.6 Å². The maximum absolute atomic E-state index is 14.0. The average Bonchev–Trinajstić information content (AvgIpc) is 3.04. The fourth-order valence-corrected chi connectivity index (χ4v) is 6.05. The topological polar surface area (TPSA) is 158 Å². The van der Waals surface area contributed by atoms with Gasteiger partial charge in [0, 0.05) is 42.0 Å². The van der Waals surface area contributed by atoms with Gasteiger partial charge in [-0.25, -0.2) is 0 Å². The predicted octanol–water partition coefficient (Wildman–Crippen LogP) is 3.03. The first-order valence-corrected chi connectivity index (χ1v) is 16.0. The molecule has 4 N–H and O–H groups in total. The number of nitrogens with zero attached hydrogens (tertiary/aromatic N) is 1. The van der Waals surface area contributed by atoms with E-state index >= 15 is 0 Å². The molecule has 4 amide bonds. The highest BCUT2D eigenvalue weighted by Gasteiger charge is 2.41. The highest BCUT2D eigenvalue weighted by molar-refractivity contribution is 5.98. The third kappa shape index (κ3) is 7.54. The molecule has 2 aliphatic rings. The van der Waals surface area contributed by atoms with Gasteiger partial charge in [0.05, 0.1) is 0 Å². The molecule has 11 heteroatoms. The summed E-state index contributed by atoms with van der Waals surface area (Å²) in [4.78, 5) is 85.4. The van der Waals surface area contributed by atoms with Crippen LogP contribution in [0.3, 0.4) is 0 Å². The normalized spacial score (nSPS) is 23.9. The molecule has 1 aromatic heterocycles. The van der Waals surface area contributed by atoms with Crippen LogP contribution in [-0.4, -0.2) is 64.0 Å². The van der Waals surface area contributed by atoms with Crippen molar-refractivity contribution < 1.29 is 24.0 Å². The molecule has 238 valence electrons. The van der Waals surface area contributed by atoms with Crippen LogP contribution in [0, 0.1) is 5.92 Å². The van der Waals surface area contributed by atoms with Crippen molar-refractivity contribution in [3.8, 4) is 0 Å². The summed E-state index contributed by atoms with van der Waals surface area (Å²) in [7, 11) is 0. The first kappa shape index (κ1) is 32.9. The molecule has 1 aromatic carbocycles. The minimum atomic E-state index is -1.41. The molecule has 44 heavy (non-hydrogen) atoms. The minimum Gasteiger partial charge on any atom is -0.361 e. The molecule has 2 fully saturated rings. The Morgan fingerprint density at radius 1 is 0.932 bits per heavy atom. The number of aromatic nitrogens is 1. The highest BCUT2D eigenvalue weighted by atomic mass is 16.2. The van der Waals surface area contributed by atoms with Crippen molar-refractivity contribution in [2.45, 2.75) is 109 Å². The molecule has 0 bridgehead atoms. The van der Waals surface area contributed by atoms with E-state index in [2.05, 4.69) is 20.9 Å². The smallest absolute Gasteiger partial charge is 0.248 e. The Labute approximate surface area is 257 Å². The number of para-hydroxylation sites is 1. The van der Waals surface area contributed by atoms with Gasteiger partial charge in [-0.1, -0.05) is 52.2 Å². The SMILES string of the molecule is CCC(=O)CCCCC[C@@H]1NC(=O)[C@H]2CCCCN2C(=O)[C@H]([C@H](C)CC)NC(=O)[C@@H](c2c[nH]c3ccccc3c2=O)NC1=O. The second-order valence-electron chi connectivity index (χ2n) is 12.0. The summed E-state index contributed by atoms with van der Waals surface area (Å²) in [5.41, 5.74) is 0.188. The van der Waals surface area contributed by atoms with Gasteiger partial charge in [-0.3, -0.25) is 28.8 Å². The number of carbonyl (C=O) groups excluding carboxylic acids is 5. The van der Waals surface area contributed by atoms with E-state index in [4.69, 9.17) is 0 Å². The molecule has 2 aromatic rings. The van der Waals surface area contributed by atoms with Crippen molar-refractivity contribution in [1.29, 1.82) is 0 Å². The fraction of sp³-hybridized carbons (Fsp3) is 0.576. The van der Waals surface area contributed by atoms with Gasteiger partial charge in [-0.15, -0.1) is 0 Å². The number of pyridine rings is 1. The first-order valence-electron chi connectivity index (χ1n) is 16.0. The number of unbranched alkanes of at least 4 members (excludes halogenated alkanes) is 2. The van der Waals surface area contributed by atoms with Crippen LogP contribution in [-0.2, 0) is 24.0 Å². The van der Waals surface area contributed by atoms with E-state index in [0.717, 1.165) is 12.8 Å². The summed E-state index contributed by atoms with van der Waals surface area (Å²) >= 11 is 0. The van der Waals surface area contributed by atoms with Crippen LogP contribution in [0.5, 0.6) is 0 Å². The van der Waals surface area contributed by atoms with E-state index in [0.29, 0.717) is 62.4 Å². The molecular formula is C33H45N5O6. The van der Waals surface area contributed by atoms with Crippen LogP contribution in [0.25, 0.3) is 10.9 Å². The molecule has 4 rings (SSSR count). The Hall–Kier alpha value is -4.02. The van der Waals surface area contributed by atoms with Gasteiger partial charge >= 0.3 is 0 Å². The van der Waals surface area contributed by atoms with Crippen LogP contribution in [0.15, 0.2) is 35.3 Å². The van der Waals surface area contributed by atoms with Crippen molar-refractivity contribution in [3.05, 3.63) is 46.2 Å². The van der Waals surface area contributed by atoms with Crippen molar-refractivity contribution in [2.75, 3.05) is 6.54 Å². The van der Waals surface area contributed by atoms with E-state index in [9.17, 15) is 28.8 Å². The molecular weight excluding hydrogens is 562 g/mol. The molecule has 0 radical (unpaired) electrons. The number of rotatable bonds is 10. The molecule has 0 unspecified atom stereocenters. The lowest BCUT2D eigenvalue weighted by atomic mass is 9.93. The lowest BCUT2D eigenvalue weighted by Crippen LogP contribution is -2.62. The Morgan fingerprint density at radius 3 is 2.45 bits per heavy atom. The third-order valence-electron chi connectivity index (χ3n) is 9.02. The number of amides is 4. The quantitative estimate of drug-likeness (QED) is 0.304. The molecule has 3 heterocycles. The Bertz CT molecular complexity index is 1440. The molecule has 0 aliphatic carbocycles. The number of Topliss-reactive ketones (excluding diaryl/α,β-unsaturated/α-hetero) is 1. The Kier molecular flexibility index (Phi) is 11.3. The zero-order valence-corrected chi connectivity index (χ0v) is 25.9. The molecule has 2 aliphatic heterocycles. The molecule has 2 saturated heterocycles. The van der Waals surface area contributed by atoms with E-state index in [1.807, 2.05) is 20.8 Å². The van der Waals surface area contributed by atoms with Crippen LogP contribution < -0.4 is 21.4 Å². The van der Waals surface area contributed by atoms with Crippen molar-refractivity contribution in [3.63, 3.8) is 0 Å². The summed E-state index contributed by atoms with van der Waals surface area (Å²) in [6.45, 7) is 5.96. The van der Waals surface area contributed by atoms with Gasteiger partial charge in [0.25, 0.3) is 0 Å². The monoisotopic (exact) mass is 607 g/mol. The molecule has 0 spiro atoms. The van der Waals surface area contributed by atoms with Gasteiger partial charge in [0.2, 0.25) is 23.6 Å². The van der Waals surface area contributed by atoms with Crippen LogP contribution in [0.4, 0.5) is 0 Å². The first-order chi connectivity index (χ1) is 21.2. The zero-order valence-electron chi connectivity index (χ0n) is 25.9. The summed E-state index contributed by atoms with van der Waals surface area (Å²) in [6.07, 6.45) is 7.09. The Morgan fingerprint density at radius 2 is 1.70 bits per heavy atom. The number of hydrogen-bond donors (Lipinski definition) is 4. The van der Waals surface area contributed by atoms with Crippen molar-refractivity contribution >= 4 is 40.3 Å². The van der Waals surface area contributed by atoms with E-state index < -0.39 is 47.3 Å². The number of ketones is 1. The summed E-state index contributed by atoms with van der Waals surface area (Å²) in [5.74, 6) is -2.11. The van der Waals surface area contributed by atoms with E-state index in [1.165, 1.54) is 6.20 Å². The highest BCUT2D eigenvalue weighted by Crippen LogP contribution is 2.23. The number of fused-ring (bicyclic) bond motifs is 2. The second kappa shape index (κ2) is 15.1. The number of hydrogen-bond acceptors (Lipinski definition) is 6. The third-order valence-corrected chi connectivity index (χ3v) is 9.02. The standard InChI is InChI=1S/C33H45N5O6/c1-4-20(3)27-33(44)38-18-12-11-17-26(38)31(42)35-25(16-8-6-7-13-21(39)5-2)30(41)37-28(32(43)36-27)23-19-34-24-15-10-9-14-22(24)29(23)40/h9-10,14-15,19-20,25-28H,4-8,11-13,16-18H2,1-3H3,(H,34,40)(H,35,42)(H,36,43)(H,37,41)/t20-,25+,26-,27+,28-/m1/s1. The van der Waals surface area contributed by atoms with E-state index in [-0.39, 0.29) is 29.6 Å². The van der Waals surface area contributed by atoms with Crippen LogP contribution in [0.2, 0.25) is 0 Å². The summed E-state index contributed by atoms with van der Waals surface area (Å²) in [5, 5.41) is 8.83. The van der Waals surface area contributed by atoms with Gasteiger partial charge in [0.1, 0.15) is 30.0 Å².